The van der Waals surface area contributed by atoms with Gasteiger partial charge in [0.25, 0.3) is 0 Å². The minimum absolute atomic E-state index is 0.284. The maximum Gasteiger partial charge on any atom is 0.333 e. The second kappa shape index (κ2) is 17.7. The monoisotopic (exact) mass is 328 g/mol. The summed E-state index contributed by atoms with van der Waals surface area (Å²) < 4.78 is 13.2. The molecular formula is C17H28O6. The van der Waals surface area contributed by atoms with Gasteiger partial charge in [-0.1, -0.05) is 33.1 Å². The van der Waals surface area contributed by atoms with Crippen LogP contribution in [0.3, 0.4) is 0 Å². The van der Waals surface area contributed by atoms with Crippen LogP contribution in [0.4, 0.5) is 0 Å². The van der Waals surface area contributed by atoms with Gasteiger partial charge in [0.05, 0.1) is 20.8 Å². The Balaban J connectivity index is -0.000000272. The van der Waals surface area contributed by atoms with Gasteiger partial charge in [-0.15, -0.1) is 0 Å². The number of carbonyl (C=O) groups excluding carboxylic acids is 3. The van der Waals surface area contributed by atoms with Crippen LogP contribution in [0.15, 0.2) is 37.0 Å². The van der Waals surface area contributed by atoms with E-state index < -0.39 is 5.97 Å². The zero-order valence-corrected chi connectivity index (χ0v) is 14.8. The second-order valence-electron chi connectivity index (χ2n) is 4.27. The van der Waals surface area contributed by atoms with E-state index in [0.29, 0.717) is 17.8 Å². The molecule has 0 aromatic rings. The Morgan fingerprint density at radius 3 is 1.61 bits per heavy atom. The highest BCUT2D eigenvalue weighted by molar-refractivity contribution is 5.87. The summed E-state index contributed by atoms with van der Waals surface area (Å²) in [5, 5.41) is 0. The van der Waals surface area contributed by atoms with E-state index in [1.54, 1.807) is 13.8 Å². The molecule has 0 aliphatic rings. The van der Waals surface area contributed by atoms with E-state index in [4.69, 9.17) is 4.74 Å². The number of ether oxygens (including phenoxy) is 3. The van der Waals surface area contributed by atoms with E-state index >= 15 is 0 Å². The number of unbranched alkanes of at least 4 members (excludes halogenated alkanes) is 1. The molecule has 23 heavy (non-hydrogen) atoms. The van der Waals surface area contributed by atoms with Gasteiger partial charge in [-0.3, -0.25) is 0 Å². The number of hydrogen-bond donors (Lipinski definition) is 0. The van der Waals surface area contributed by atoms with Gasteiger partial charge in [0.1, 0.15) is 0 Å². The second-order valence-corrected chi connectivity index (χ2v) is 4.27. The summed E-state index contributed by atoms with van der Waals surface area (Å²) in [6.07, 6.45) is 3.09. The van der Waals surface area contributed by atoms with Gasteiger partial charge in [0.2, 0.25) is 0 Å². The topological polar surface area (TPSA) is 78.9 Å². The highest BCUT2D eigenvalue weighted by Crippen LogP contribution is 1.94. The van der Waals surface area contributed by atoms with E-state index in [9.17, 15) is 14.4 Å². The van der Waals surface area contributed by atoms with Crippen molar-refractivity contribution in [1.29, 1.82) is 0 Å². The first kappa shape index (κ1) is 25.6. The van der Waals surface area contributed by atoms with Crippen LogP contribution in [0.25, 0.3) is 0 Å². The summed E-state index contributed by atoms with van der Waals surface area (Å²) in [7, 11) is 2.64. The average molecular weight is 328 g/mol. The fourth-order valence-electron chi connectivity index (χ4n) is 0.690. The molecule has 0 saturated heterocycles. The van der Waals surface area contributed by atoms with Crippen molar-refractivity contribution in [3.63, 3.8) is 0 Å². The lowest BCUT2D eigenvalue weighted by atomic mass is 10.3. The van der Waals surface area contributed by atoms with Gasteiger partial charge in [0.15, 0.2) is 0 Å². The van der Waals surface area contributed by atoms with Crippen LogP contribution in [0.2, 0.25) is 0 Å². The summed E-state index contributed by atoms with van der Waals surface area (Å²) in [6.45, 7) is 15.8. The maximum atomic E-state index is 10.7. The summed E-state index contributed by atoms with van der Waals surface area (Å²) in [5.41, 5.74) is 0.901. The van der Waals surface area contributed by atoms with Crippen molar-refractivity contribution in [2.75, 3.05) is 20.8 Å². The van der Waals surface area contributed by atoms with Gasteiger partial charge < -0.3 is 14.2 Å². The van der Waals surface area contributed by atoms with Crippen LogP contribution < -0.4 is 0 Å². The number of carbonyl (C=O) groups is 3. The Hall–Kier alpha value is -2.37. The summed E-state index contributed by atoms with van der Waals surface area (Å²) >= 11 is 0. The molecule has 6 heteroatoms. The Morgan fingerprint density at radius 1 is 0.957 bits per heavy atom. The number of esters is 3. The Labute approximate surface area is 138 Å². The van der Waals surface area contributed by atoms with Crippen LogP contribution in [0.1, 0.15) is 33.6 Å². The number of methoxy groups -OCH3 is 2. The quantitative estimate of drug-likeness (QED) is 0.323. The SMILES string of the molecule is C=C(C)C(=O)OC.C=C(C)C(=O)OCCCC.C=CC(=O)OC. The lowest BCUT2D eigenvalue weighted by Crippen LogP contribution is -2.05. The smallest absolute Gasteiger partial charge is 0.333 e. The molecule has 0 rings (SSSR count). The predicted molar refractivity (Wildman–Crippen MR) is 89.7 cm³/mol. The molecule has 0 bridgehead atoms. The molecule has 132 valence electrons. The molecule has 0 N–H and O–H groups in total. The molecule has 0 aliphatic heterocycles. The minimum Gasteiger partial charge on any atom is -0.466 e. The van der Waals surface area contributed by atoms with Gasteiger partial charge in [-0.25, -0.2) is 14.4 Å². The van der Waals surface area contributed by atoms with E-state index in [1.165, 1.54) is 14.2 Å². The third-order valence-corrected chi connectivity index (χ3v) is 1.98. The van der Waals surface area contributed by atoms with Gasteiger partial charge >= 0.3 is 17.9 Å². The molecular weight excluding hydrogens is 300 g/mol. The average Bonchev–Trinajstić information content (AvgIpc) is 2.54. The lowest BCUT2D eigenvalue weighted by molar-refractivity contribution is -0.139. The Bertz CT molecular complexity index is 409. The summed E-state index contributed by atoms with van der Waals surface area (Å²) in [6, 6.07) is 0. The summed E-state index contributed by atoms with van der Waals surface area (Å²) in [4.78, 5) is 30.7. The zero-order chi connectivity index (χ0) is 18.8. The standard InChI is InChI=1S/C8H14O2.C5H8O2.C4H6O2/c1-4-5-6-10-8(9)7(2)3;1-4(2)5(6)7-3;1-3-4(5)6-2/h2,4-6H2,1,3H3;1H2,2-3H3;3H,1H2,2H3. The first-order chi connectivity index (χ1) is 10.7. The molecule has 0 spiro atoms. The van der Waals surface area contributed by atoms with Crippen molar-refractivity contribution < 1.29 is 28.6 Å². The molecule has 0 fully saturated rings. The van der Waals surface area contributed by atoms with Crippen LogP contribution >= 0.6 is 0 Å². The van der Waals surface area contributed by atoms with Crippen LogP contribution in [0, 0.1) is 0 Å². The van der Waals surface area contributed by atoms with Crippen LogP contribution in [-0.4, -0.2) is 38.7 Å². The third-order valence-electron chi connectivity index (χ3n) is 1.98. The van der Waals surface area contributed by atoms with Crippen molar-refractivity contribution in [2.45, 2.75) is 33.6 Å². The molecule has 6 nitrogen and oxygen atoms in total. The van der Waals surface area contributed by atoms with Crippen molar-refractivity contribution in [1.82, 2.24) is 0 Å². The highest BCUT2D eigenvalue weighted by atomic mass is 16.5. The maximum absolute atomic E-state index is 10.7. The molecule has 0 saturated carbocycles. The lowest BCUT2D eigenvalue weighted by Gasteiger charge is -2.01. The van der Waals surface area contributed by atoms with E-state index in [2.05, 4.69) is 36.1 Å². The number of hydrogen-bond acceptors (Lipinski definition) is 6. The first-order valence-corrected chi connectivity index (χ1v) is 6.94. The van der Waals surface area contributed by atoms with Crippen molar-refractivity contribution in [3.05, 3.63) is 37.0 Å². The predicted octanol–water partition coefficient (Wildman–Crippen LogP) is 2.99. The minimum atomic E-state index is -0.394. The Morgan fingerprint density at radius 2 is 1.43 bits per heavy atom. The van der Waals surface area contributed by atoms with Crippen molar-refractivity contribution in [2.24, 2.45) is 0 Å². The zero-order valence-electron chi connectivity index (χ0n) is 14.8. The molecule has 0 atom stereocenters. The van der Waals surface area contributed by atoms with Gasteiger partial charge in [-0.05, 0) is 20.3 Å². The molecule has 0 aromatic carbocycles. The van der Waals surface area contributed by atoms with E-state index in [1.807, 2.05) is 0 Å². The molecule has 0 unspecified atom stereocenters. The largest absolute Gasteiger partial charge is 0.466 e. The van der Waals surface area contributed by atoms with Crippen molar-refractivity contribution >= 4 is 17.9 Å². The van der Waals surface area contributed by atoms with E-state index in [0.717, 1.165) is 18.9 Å². The fourth-order valence-corrected chi connectivity index (χ4v) is 0.690. The highest BCUT2D eigenvalue weighted by Gasteiger charge is 2.00. The molecule has 0 radical (unpaired) electrons. The normalized spacial score (nSPS) is 8.04. The first-order valence-electron chi connectivity index (χ1n) is 6.94. The molecule has 0 heterocycles. The van der Waals surface area contributed by atoms with E-state index in [-0.39, 0.29) is 11.9 Å². The third kappa shape index (κ3) is 22.1. The number of rotatable bonds is 6. The molecule has 0 aliphatic carbocycles. The summed E-state index contributed by atoms with van der Waals surface area (Å²) in [5.74, 6) is -1.02. The van der Waals surface area contributed by atoms with Gasteiger partial charge in [0, 0.05) is 17.2 Å². The fraction of sp³-hybridized carbons (Fsp3) is 0.471. The Kier molecular flexibility index (Phi) is 19.7. The van der Waals surface area contributed by atoms with Crippen LogP contribution in [0.5, 0.6) is 0 Å². The van der Waals surface area contributed by atoms with Crippen molar-refractivity contribution in [3.8, 4) is 0 Å². The van der Waals surface area contributed by atoms with Gasteiger partial charge in [-0.2, -0.15) is 0 Å². The van der Waals surface area contributed by atoms with Crippen LogP contribution in [-0.2, 0) is 28.6 Å². The molecule has 0 amide bonds. The molecule has 0 aromatic heterocycles.